The van der Waals surface area contributed by atoms with Crippen molar-refractivity contribution in [3.8, 4) is 23.0 Å². The van der Waals surface area contributed by atoms with E-state index in [1.54, 1.807) is 12.2 Å². The van der Waals surface area contributed by atoms with Crippen molar-refractivity contribution < 1.29 is 24.5 Å². The van der Waals surface area contributed by atoms with Crippen molar-refractivity contribution in [1.29, 1.82) is 0 Å². The van der Waals surface area contributed by atoms with Gasteiger partial charge in [-0.05, 0) is 29.8 Å². The summed E-state index contributed by atoms with van der Waals surface area (Å²) < 4.78 is 10.5. The number of hydrogen-bond acceptors (Lipinski definition) is 6. The minimum atomic E-state index is -0.421. The minimum Gasteiger partial charge on any atom is -0.508 e. The normalized spacial score (nSPS) is 13.1. The minimum absolute atomic E-state index is 0.0548. The standard InChI is InChI=1S/C19H16N2O5/c22-15-7-6-14(16(23)10-15)11-20-21-19(24)4-2-1-3-13-5-8-17-18(9-13)26-12-25-17/h1-11,22-23H,12H2,(H,21,24)/b3-1+,4-2+,20-11-. The molecule has 0 aromatic heterocycles. The van der Waals surface area contributed by atoms with Crippen LogP contribution >= 0.6 is 0 Å². The molecule has 0 bridgehead atoms. The van der Waals surface area contributed by atoms with E-state index in [2.05, 4.69) is 10.5 Å². The molecular weight excluding hydrogens is 336 g/mol. The van der Waals surface area contributed by atoms with E-state index in [1.165, 1.54) is 30.5 Å². The van der Waals surface area contributed by atoms with Gasteiger partial charge < -0.3 is 19.7 Å². The molecule has 1 aliphatic rings. The Morgan fingerprint density at radius 2 is 1.92 bits per heavy atom. The second kappa shape index (κ2) is 7.89. The number of hydrogen-bond donors (Lipinski definition) is 3. The molecule has 132 valence electrons. The molecule has 0 atom stereocenters. The number of carbonyl (C=O) groups excluding carboxylic acids is 1. The molecule has 1 aliphatic heterocycles. The van der Waals surface area contributed by atoms with Crippen LogP contribution in [0.2, 0.25) is 0 Å². The van der Waals surface area contributed by atoms with Gasteiger partial charge in [-0.25, -0.2) is 5.43 Å². The van der Waals surface area contributed by atoms with E-state index in [9.17, 15) is 15.0 Å². The van der Waals surface area contributed by atoms with Crippen molar-refractivity contribution in [3.63, 3.8) is 0 Å². The summed E-state index contributed by atoms with van der Waals surface area (Å²) in [6, 6.07) is 9.62. The molecule has 3 rings (SSSR count). The van der Waals surface area contributed by atoms with Gasteiger partial charge in [-0.15, -0.1) is 0 Å². The van der Waals surface area contributed by atoms with Crippen LogP contribution in [-0.4, -0.2) is 29.1 Å². The first-order chi connectivity index (χ1) is 12.6. The van der Waals surface area contributed by atoms with Crippen LogP contribution in [0.1, 0.15) is 11.1 Å². The zero-order chi connectivity index (χ0) is 18.4. The van der Waals surface area contributed by atoms with Gasteiger partial charge in [-0.1, -0.05) is 24.3 Å². The highest BCUT2D eigenvalue weighted by Gasteiger charge is 2.11. The number of allylic oxidation sites excluding steroid dienone is 2. The molecular formula is C19H16N2O5. The topological polar surface area (TPSA) is 100 Å². The summed E-state index contributed by atoms with van der Waals surface area (Å²) in [7, 11) is 0. The van der Waals surface area contributed by atoms with Crippen molar-refractivity contribution in [2.24, 2.45) is 5.10 Å². The molecule has 1 amide bonds. The van der Waals surface area contributed by atoms with Gasteiger partial charge >= 0.3 is 0 Å². The number of amides is 1. The predicted molar refractivity (Wildman–Crippen MR) is 96.2 cm³/mol. The predicted octanol–water partition coefficient (Wildman–Crippen LogP) is 2.55. The number of aromatic hydroxyl groups is 2. The van der Waals surface area contributed by atoms with Crippen molar-refractivity contribution >= 4 is 18.2 Å². The highest BCUT2D eigenvalue weighted by Crippen LogP contribution is 2.32. The molecule has 7 nitrogen and oxygen atoms in total. The van der Waals surface area contributed by atoms with Gasteiger partial charge in [0.25, 0.3) is 5.91 Å². The lowest BCUT2D eigenvalue weighted by Gasteiger charge is -1.99. The van der Waals surface area contributed by atoms with Crippen LogP contribution in [0.3, 0.4) is 0 Å². The second-order valence-corrected chi connectivity index (χ2v) is 5.31. The van der Waals surface area contributed by atoms with Crippen molar-refractivity contribution in [2.75, 3.05) is 6.79 Å². The molecule has 2 aromatic carbocycles. The Bertz CT molecular complexity index is 903. The van der Waals surface area contributed by atoms with Crippen molar-refractivity contribution in [1.82, 2.24) is 5.43 Å². The van der Waals surface area contributed by atoms with Gasteiger partial charge in [-0.3, -0.25) is 4.79 Å². The lowest BCUT2D eigenvalue weighted by Crippen LogP contribution is -2.14. The third-order valence-electron chi connectivity index (χ3n) is 3.44. The highest BCUT2D eigenvalue weighted by molar-refractivity contribution is 5.90. The summed E-state index contributed by atoms with van der Waals surface area (Å²) in [6.07, 6.45) is 7.71. The molecule has 0 radical (unpaired) electrons. The number of phenols is 2. The van der Waals surface area contributed by atoms with Crippen LogP contribution < -0.4 is 14.9 Å². The second-order valence-electron chi connectivity index (χ2n) is 5.31. The lowest BCUT2D eigenvalue weighted by molar-refractivity contribution is -0.116. The van der Waals surface area contributed by atoms with Gasteiger partial charge in [0.2, 0.25) is 6.79 Å². The third-order valence-corrected chi connectivity index (χ3v) is 3.44. The SMILES string of the molecule is O=C(/C=C/C=C/c1ccc2c(c1)OCO2)N/N=C\c1ccc(O)cc1O. The molecule has 26 heavy (non-hydrogen) atoms. The average Bonchev–Trinajstić information content (AvgIpc) is 3.08. The number of ether oxygens (including phenoxy) is 2. The molecule has 0 unspecified atom stereocenters. The number of carbonyl (C=O) groups is 1. The molecule has 0 saturated carbocycles. The van der Waals surface area contributed by atoms with E-state index in [4.69, 9.17) is 9.47 Å². The Kier molecular flexibility index (Phi) is 5.19. The number of rotatable bonds is 5. The fraction of sp³-hybridized carbons (Fsp3) is 0.0526. The van der Waals surface area contributed by atoms with E-state index in [1.807, 2.05) is 24.3 Å². The van der Waals surface area contributed by atoms with Gasteiger partial charge in [0.15, 0.2) is 11.5 Å². The first-order valence-electron chi connectivity index (χ1n) is 7.71. The van der Waals surface area contributed by atoms with Crippen LogP contribution in [-0.2, 0) is 4.79 Å². The van der Waals surface area contributed by atoms with Gasteiger partial charge in [0, 0.05) is 17.7 Å². The molecule has 7 heteroatoms. The Morgan fingerprint density at radius 3 is 2.77 bits per heavy atom. The maximum absolute atomic E-state index is 11.7. The Balaban J connectivity index is 1.50. The molecule has 3 N–H and O–H groups in total. The quantitative estimate of drug-likeness (QED) is 0.332. The summed E-state index contributed by atoms with van der Waals surface area (Å²) in [5.41, 5.74) is 3.59. The number of hydrazone groups is 1. The van der Waals surface area contributed by atoms with Crippen LogP contribution in [0, 0.1) is 0 Å². The Hall–Kier alpha value is -3.74. The van der Waals surface area contributed by atoms with E-state index < -0.39 is 5.91 Å². The number of benzene rings is 2. The Labute approximate surface area is 149 Å². The van der Waals surface area contributed by atoms with Crippen molar-refractivity contribution in [3.05, 3.63) is 65.8 Å². The van der Waals surface area contributed by atoms with E-state index in [0.29, 0.717) is 11.3 Å². The molecule has 0 aliphatic carbocycles. The van der Waals surface area contributed by atoms with E-state index >= 15 is 0 Å². The number of nitrogens with one attached hydrogen (secondary N) is 1. The summed E-state index contributed by atoms with van der Waals surface area (Å²) >= 11 is 0. The highest BCUT2D eigenvalue weighted by atomic mass is 16.7. The summed E-state index contributed by atoms with van der Waals surface area (Å²) in [6.45, 7) is 0.227. The first-order valence-corrected chi connectivity index (χ1v) is 7.71. The van der Waals surface area contributed by atoms with E-state index in [-0.39, 0.29) is 18.3 Å². The molecule has 0 fully saturated rings. The van der Waals surface area contributed by atoms with Gasteiger partial charge in [0.05, 0.1) is 6.21 Å². The smallest absolute Gasteiger partial charge is 0.264 e. The van der Waals surface area contributed by atoms with Crippen molar-refractivity contribution in [2.45, 2.75) is 0 Å². The van der Waals surface area contributed by atoms with Crippen LogP contribution in [0.4, 0.5) is 0 Å². The molecule has 0 spiro atoms. The molecule has 2 aromatic rings. The lowest BCUT2D eigenvalue weighted by atomic mass is 10.2. The molecule has 0 saturated heterocycles. The number of nitrogens with zero attached hydrogens (tertiary/aromatic N) is 1. The fourth-order valence-electron chi connectivity index (χ4n) is 2.17. The van der Waals surface area contributed by atoms with Crippen LogP contribution in [0.25, 0.3) is 6.08 Å². The monoisotopic (exact) mass is 352 g/mol. The molecule has 1 heterocycles. The fourth-order valence-corrected chi connectivity index (χ4v) is 2.17. The van der Waals surface area contributed by atoms with Crippen LogP contribution in [0.15, 0.2) is 59.7 Å². The number of phenolic OH excluding ortho intramolecular Hbond substituents is 2. The Morgan fingerprint density at radius 1 is 1.08 bits per heavy atom. The summed E-state index contributed by atoms with van der Waals surface area (Å²) in [5.74, 6) is 0.802. The average molecular weight is 352 g/mol. The largest absolute Gasteiger partial charge is 0.508 e. The third kappa shape index (κ3) is 4.41. The number of fused-ring (bicyclic) bond motifs is 1. The zero-order valence-electron chi connectivity index (χ0n) is 13.6. The van der Waals surface area contributed by atoms with Gasteiger partial charge in [-0.2, -0.15) is 5.10 Å². The van der Waals surface area contributed by atoms with Crippen LogP contribution in [0.5, 0.6) is 23.0 Å². The maximum Gasteiger partial charge on any atom is 0.264 e. The first kappa shape index (κ1) is 17.1. The van der Waals surface area contributed by atoms with Gasteiger partial charge in [0.1, 0.15) is 11.5 Å². The summed E-state index contributed by atoms with van der Waals surface area (Å²) in [5, 5.41) is 22.5. The zero-order valence-corrected chi connectivity index (χ0v) is 13.6. The summed E-state index contributed by atoms with van der Waals surface area (Å²) in [4.78, 5) is 11.7. The maximum atomic E-state index is 11.7. The van der Waals surface area contributed by atoms with E-state index in [0.717, 1.165) is 11.3 Å².